The minimum atomic E-state index is -0.0677. The topological polar surface area (TPSA) is 48.9 Å². The smallest absolute Gasteiger partial charge is 0.255 e. The van der Waals surface area contributed by atoms with Gasteiger partial charge in [-0.25, -0.2) is 0 Å². The van der Waals surface area contributed by atoms with E-state index in [0.717, 1.165) is 77.3 Å². The second-order valence-electron chi connectivity index (χ2n) is 9.52. The highest BCUT2D eigenvalue weighted by Crippen LogP contribution is 2.37. The van der Waals surface area contributed by atoms with Crippen LogP contribution < -0.4 is 4.90 Å². The summed E-state index contributed by atoms with van der Waals surface area (Å²) in [5, 5.41) is 0. The van der Waals surface area contributed by atoms with E-state index in [0.29, 0.717) is 11.6 Å². The number of pyridine rings is 1. The number of nitrogens with zero attached hydrogens (tertiary/aromatic N) is 4. The predicted molar refractivity (Wildman–Crippen MR) is 126 cm³/mol. The number of para-hydroxylation sites is 1. The third kappa shape index (κ3) is 4.52. The molecule has 170 valence electrons. The number of ether oxygens (including phenoxy) is 1. The van der Waals surface area contributed by atoms with Crippen molar-refractivity contribution in [2.45, 2.75) is 44.2 Å². The van der Waals surface area contributed by atoms with Crippen molar-refractivity contribution < 1.29 is 9.53 Å². The van der Waals surface area contributed by atoms with Crippen molar-refractivity contribution >= 4 is 11.6 Å². The highest BCUT2D eigenvalue weighted by Gasteiger charge is 2.43. The lowest BCUT2D eigenvalue weighted by molar-refractivity contribution is -0.130. The van der Waals surface area contributed by atoms with E-state index >= 15 is 0 Å². The van der Waals surface area contributed by atoms with Crippen molar-refractivity contribution in [2.24, 2.45) is 0 Å². The maximum Gasteiger partial charge on any atom is 0.255 e. The molecule has 3 saturated heterocycles. The first-order valence-corrected chi connectivity index (χ1v) is 12.0. The van der Waals surface area contributed by atoms with Gasteiger partial charge < -0.3 is 14.5 Å². The number of carbonyl (C=O) groups excluding carboxylic acids is 1. The van der Waals surface area contributed by atoms with Gasteiger partial charge in [0, 0.05) is 69.5 Å². The van der Waals surface area contributed by atoms with E-state index in [9.17, 15) is 4.79 Å². The molecule has 0 saturated carbocycles. The molecule has 1 aromatic heterocycles. The van der Waals surface area contributed by atoms with Gasteiger partial charge in [-0.15, -0.1) is 0 Å². The summed E-state index contributed by atoms with van der Waals surface area (Å²) in [5.41, 5.74) is 2.88. The van der Waals surface area contributed by atoms with Crippen LogP contribution in [0.2, 0.25) is 0 Å². The Kier molecular flexibility index (Phi) is 6.15. The molecule has 0 radical (unpaired) electrons. The molecule has 0 bridgehead atoms. The number of amides is 1. The number of anilines is 1. The van der Waals surface area contributed by atoms with E-state index in [1.165, 1.54) is 5.69 Å². The quantitative estimate of drug-likeness (QED) is 0.741. The monoisotopic (exact) mass is 434 g/mol. The first kappa shape index (κ1) is 21.4. The average molecular weight is 435 g/mol. The molecule has 1 spiro atoms. The molecule has 5 rings (SSSR count). The Morgan fingerprint density at radius 1 is 1.00 bits per heavy atom. The molecule has 0 N–H and O–H groups in total. The van der Waals surface area contributed by atoms with Crippen molar-refractivity contribution in [2.75, 3.05) is 50.8 Å². The lowest BCUT2D eigenvalue weighted by atomic mass is 9.81. The average Bonchev–Trinajstić information content (AvgIpc) is 2.85. The molecule has 3 aliphatic heterocycles. The van der Waals surface area contributed by atoms with Gasteiger partial charge in [0.25, 0.3) is 5.91 Å². The molecule has 6 nitrogen and oxygen atoms in total. The van der Waals surface area contributed by atoms with Crippen molar-refractivity contribution in [3.05, 3.63) is 59.9 Å². The van der Waals surface area contributed by atoms with Gasteiger partial charge in [0.1, 0.15) is 0 Å². The third-order valence-electron chi connectivity index (χ3n) is 7.54. The number of rotatable bonds is 3. The minimum absolute atomic E-state index is 0.0677. The fourth-order valence-electron chi connectivity index (χ4n) is 5.54. The zero-order chi connectivity index (χ0) is 22.0. The number of piperazine rings is 1. The summed E-state index contributed by atoms with van der Waals surface area (Å²) in [5.74, 6) is 0.0942. The number of aromatic nitrogens is 1. The zero-order valence-electron chi connectivity index (χ0n) is 19.1. The van der Waals surface area contributed by atoms with Crippen LogP contribution in [0.25, 0.3) is 0 Å². The van der Waals surface area contributed by atoms with Gasteiger partial charge in [0.05, 0.1) is 11.2 Å². The van der Waals surface area contributed by atoms with Crippen LogP contribution in [0.5, 0.6) is 0 Å². The fourth-order valence-corrected chi connectivity index (χ4v) is 5.54. The van der Waals surface area contributed by atoms with Crippen LogP contribution in [0, 0.1) is 6.92 Å². The van der Waals surface area contributed by atoms with E-state index < -0.39 is 0 Å². The third-order valence-corrected chi connectivity index (χ3v) is 7.54. The van der Waals surface area contributed by atoms with Gasteiger partial charge in [0.15, 0.2) is 0 Å². The summed E-state index contributed by atoms with van der Waals surface area (Å²) in [4.78, 5) is 24.3. The number of piperidine rings is 1. The van der Waals surface area contributed by atoms with Gasteiger partial charge in [-0.05, 0) is 56.9 Å². The van der Waals surface area contributed by atoms with Crippen molar-refractivity contribution in [1.29, 1.82) is 0 Å². The Bertz CT molecular complexity index is 901. The van der Waals surface area contributed by atoms with Crippen LogP contribution in [-0.2, 0) is 4.74 Å². The normalized spacial score (nSPS) is 24.0. The number of hydrogen-bond donors (Lipinski definition) is 0. The predicted octanol–water partition coefficient (Wildman–Crippen LogP) is 3.37. The van der Waals surface area contributed by atoms with Gasteiger partial charge in [-0.3, -0.25) is 14.7 Å². The maximum absolute atomic E-state index is 12.9. The van der Waals surface area contributed by atoms with Crippen LogP contribution >= 0.6 is 0 Å². The number of benzene rings is 1. The Labute approximate surface area is 191 Å². The molecule has 1 unspecified atom stereocenters. The second kappa shape index (κ2) is 9.20. The van der Waals surface area contributed by atoms with Gasteiger partial charge in [0.2, 0.25) is 0 Å². The highest BCUT2D eigenvalue weighted by atomic mass is 16.5. The summed E-state index contributed by atoms with van der Waals surface area (Å²) < 4.78 is 6.38. The molecule has 1 atom stereocenters. The van der Waals surface area contributed by atoms with E-state index in [1.807, 2.05) is 24.0 Å². The minimum Gasteiger partial charge on any atom is -0.375 e. The second-order valence-corrected chi connectivity index (χ2v) is 9.52. The Morgan fingerprint density at radius 3 is 2.44 bits per heavy atom. The lowest BCUT2D eigenvalue weighted by Gasteiger charge is -2.50. The molecule has 1 aromatic carbocycles. The maximum atomic E-state index is 12.9. The van der Waals surface area contributed by atoms with Crippen molar-refractivity contribution in [1.82, 2.24) is 14.8 Å². The summed E-state index contributed by atoms with van der Waals surface area (Å²) >= 11 is 0. The van der Waals surface area contributed by atoms with E-state index in [2.05, 4.69) is 45.1 Å². The van der Waals surface area contributed by atoms with Crippen LogP contribution in [0.1, 0.15) is 41.7 Å². The standard InChI is InChI=1S/C26H34N4O2/c1-21-7-8-22(20-27-21)25(31)30-12-10-26(11-13-30)19-24(9-18-32-26)29-16-14-28(15-17-29)23-5-3-2-4-6-23/h2-8,20,24H,9-19H2,1H3. The first-order valence-electron chi connectivity index (χ1n) is 12.0. The lowest BCUT2D eigenvalue weighted by Crippen LogP contribution is -2.57. The molecular weight excluding hydrogens is 400 g/mol. The number of hydrogen-bond acceptors (Lipinski definition) is 5. The number of carbonyl (C=O) groups is 1. The van der Waals surface area contributed by atoms with Crippen LogP contribution in [0.15, 0.2) is 48.7 Å². The summed E-state index contributed by atoms with van der Waals surface area (Å²) in [7, 11) is 0. The largest absolute Gasteiger partial charge is 0.375 e. The Morgan fingerprint density at radius 2 is 1.75 bits per heavy atom. The number of likely N-dealkylation sites (tertiary alicyclic amines) is 1. The van der Waals surface area contributed by atoms with Crippen molar-refractivity contribution in [3.8, 4) is 0 Å². The molecule has 32 heavy (non-hydrogen) atoms. The van der Waals surface area contributed by atoms with Gasteiger partial charge >= 0.3 is 0 Å². The summed E-state index contributed by atoms with van der Waals surface area (Å²) in [6.07, 6.45) is 5.76. The molecular formula is C26H34N4O2. The molecule has 0 aliphatic carbocycles. The zero-order valence-corrected chi connectivity index (χ0v) is 19.1. The van der Waals surface area contributed by atoms with Crippen LogP contribution in [-0.4, -0.2) is 78.2 Å². The first-order chi connectivity index (χ1) is 15.6. The van der Waals surface area contributed by atoms with Gasteiger partial charge in [-0.2, -0.15) is 0 Å². The van der Waals surface area contributed by atoms with Crippen LogP contribution in [0.4, 0.5) is 5.69 Å². The Balaban J connectivity index is 1.15. The SMILES string of the molecule is Cc1ccc(C(=O)N2CCC3(CC2)CC(N2CCN(c4ccccc4)CC2)CCO3)cn1. The highest BCUT2D eigenvalue weighted by molar-refractivity contribution is 5.94. The molecule has 1 amide bonds. The van der Waals surface area contributed by atoms with E-state index in [-0.39, 0.29) is 11.5 Å². The van der Waals surface area contributed by atoms with Crippen molar-refractivity contribution in [3.63, 3.8) is 0 Å². The molecule has 3 fully saturated rings. The fraction of sp³-hybridized carbons (Fsp3) is 0.538. The Hall–Kier alpha value is -2.44. The molecule has 6 heteroatoms. The van der Waals surface area contributed by atoms with E-state index in [1.54, 1.807) is 6.20 Å². The summed E-state index contributed by atoms with van der Waals surface area (Å²) in [6, 6.07) is 15.1. The molecule has 2 aromatic rings. The van der Waals surface area contributed by atoms with Crippen LogP contribution in [0.3, 0.4) is 0 Å². The number of aryl methyl sites for hydroxylation is 1. The van der Waals surface area contributed by atoms with Gasteiger partial charge in [-0.1, -0.05) is 18.2 Å². The summed E-state index contributed by atoms with van der Waals surface area (Å²) in [6.45, 7) is 8.70. The van der Waals surface area contributed by atoms with E-state index in [4.69, 9.17) is 4.74 Å². The molecule has 4 heterocycles. The molecule has 3 aliphatic rings.